The number of hydrogen-bond acceptors (Lipinski definition) is 2. The van der Waals surface area contributed by atoms with E-state index in [9.17, 15) is 4.39 Å². The van der Waals surface area contributed by atoms with Crippen molar-refractivity contribution in [3.8, 4) is 0 Å². The Kier molecular flexibility index (Phi) is 3.11. The van der Waals surface area contributed by atoms with Crippen LogP contribution in [0.5, 0.6) is 0 Å². The molecule has 2 nitrogen and oxygen atoms in total. The molecule has 0 saturated heterocycles. The molecule has 3 rings (SSSR count). The van der Waals surface area contributed by atoms with Crippen LogP contribution in [0.2, 0.25) is 0 Å². The van der Waals surface area contributed by atoms with Gasteiger partial charge in [-0.25, -0.2) is 4.39 Å². The normalized spacial score (nSPS) is 14.4. The number of hydrogen-bond donors (Lipinski definition) is 1. The van der Waals surface area contributed by atoms with Gasteiger partial charge in [0.25, 0.3) is 0 Å². The fourth-order valence-electron chi connectivity index (χ4n) is 2.34. The minimum atomic E-state index is -0.233. The van der Waals surface area contributed by atoms with E-state index >= 15 is 0 Å². The summed E-state index contributed by atoms with van der Waals surface area (Å²) in [4.78, 5) is 2.22. The van der Waals surface area contributed by atoms with Crippen molar-refractivity contribution >= 4 is 11.4 Å². The van der Waals surface area contributed by atoms with Gasteiger partial charge in [0.2, 0.25) is 0 Å². The fourth-order valence-corrected chi connectivity index (χ4v) is 2.34. The second kappa shape index (κ2) is 4.92. The number of halogens is 1. The molecule has 1 fully saturated rings. The van der Waals surface area contributed by atoms with Crippen molar-refractivity contribution in [3.63, 3.8) is 0 Å². The van der Waals surface area contributed by atoms with Crippen LogP contribution in [-0.2, 0) is 6.54 Å². The van der Waals surface area contributed by atoms with Crippen molar-refractivity contribution in [2.75, 3.05) is 10.6 Å². The molecule has 1 aliphatic rings. The van der Waals surface area contributed by atoms with Gasteiger partial charge >= 0.3 is 0 Å². The second-order valence-corrected chi connectivity index (χ2v) is 5.05. The van der Waals surface area contributed by atoms with Crippen molar-refractivity contribution in [1.29, 1.82) is 0 Å². The molecule has 0 spiro atoms. The van der Waals surface area contributed by atoms with Crippen LogP contribution in [0.1, 0.15) is 18.4 Å². The zero-order valence-electron chi connectivity index (χ0n) is 10.7. The summed E-state index contributed by atoms with van der Waals surface area (Å²) in [6.07, 6.45) is 2.31. The largest absolute Gasteiger partial charge is 0.397 e. The molecule has 0 heterocycles. The average Bonchev–Trinajstić information content (AvgIpc) is 3.25. The molecule has 19 heavy (non-hydrogen) atoms. The maximum Gasteiger partial charge on any atom is 0.125 e. The summed E-state index contributed by atoms with van der Waals surface area (Å²) in [5.41, 5.74) is 8.68. The van der Waals surface area contributed by atoms with Gasteiger partial charge in [0.05, 0.1) is 11.4 Å². The molecule has 2 aromatic carbocycles. The predicted octanol–water partition coefficient (Wildman–Crippen LogP) is 3.58. The Morgan fingerprint density at radius 1 is 1.11 bits per heavy atom. The molecule has 0 unspecified atom stereocenters. The van der Waals surface area contributed by atoms with Crippen LogP contribution < -0.4 is 10.6 Å². The van der Waals surface area contributed by atoms with Crippen LogP contribution >= 0.6 is 0 Å². The van der Waals surface area contributed by atoms with Crippen molar-refractivity contribution < 1.29 is 4.39 Å². The van der Waals surface area contributed by atoms with E-state index in [1.54, 1.807) is 6.07 Å². The van der Waals surface area contributed by atoms with Crippen molar-refractivity contribution in [3.05, 3.63) is 59.9 Å². The molecule has 98 valence electrons. The third-order valence-electron chi connectivity index (χ3n) is 3.49. The summed E-state index contributed by atoms with van der Waals surface area (Å²) in [5, 5.41) is 0. The smallest absolute Gasteiger partial charge is 0.125 e. The lowest BCUT2D eigenvalue weighted by atomic mass is 10.1. The monoisotopic (exact) mass is 256 g/mol. The van der Waals surface area contributed by atoms with Crippen molar-refractivity contribution in [2.45, 2.75) is 25.4 Å². The Morgan fingerprint density at radius 2 is 1.84 bits per heavy atom. The van der Waals surface area contributed by atoms with E-state index in [1.165, 1.54) is 17.7 Å². The Balaban J connectivity index is 1.91. The second-order valence-electron chi connectivity index (χ2n) is 5.05. The topological polar surface area (TPSA) is 29.3 Å². The average molecular weight is 256 g/mol. The van der Waals surface area contributed by atoms with Crippen molar-refractivity contribution in [1.82, 2.24) is 0 Å². The molecule has 0 atom stereocenters. The standard InChI is InChI=1S/C16H17FN2/c17-13-6-9-15(18)16(10-13)19(14-7-8-14)11-12-4-2-1-3-5-12/h1-6,9-10,14H,7-8,11,18H2. The van der Waals surface area contributed by atoms with Gasteiger partial charge in [-0.05, 0) is 36.6 Å². The summed E-state index contributed by atoms with van der Waals surface area (Å²) in [6, 6.07) is 15.3. The highest BCUT2D eigenvalue weighted by Gasteiger charge is 2.30. The first-order valence-electron chi connectivity index (χ1n) is 6.59. The quantitative estimate of drug-likeness (QED) is 0.847. The van der Waals surface area contributed by atoms with Gasteiger partial charge < -0.3 is 10.6 Å². The third-order valence-corrected chi connectivity index (χ3v) is 3.49. The van der Waals surface area contributed by atoms with E-state index in [-0.39, 0.29) is 5.82 Å². The summed E-state index contributed by atoms with van der Waals surface area (Å²) in [7, 11) is 0. The van der Waals surface area contributed by atoms with E-state index < -0.39 is 0 Å². The van der Waals surface area contributed by atoms with Gasteiger partial charge in [0.1, 0.15) is 5.82 Å². The Hall–Kier alpha value is -2.03. The molecule has 2 aromatic rings. The highest BCUT2D eigenvalue weighted by Crippen LogP contribution is 2.36. The molecular formula is C16H17FN2. The lowest BCUT2D eigenvalue weighted by molar-refractivity contribution is 0.626. The van der Waals surface area contributed by atoms with Gasteiger partial charge in [-0.15, -0.1) is 0 Å². The SMILES string of the molecule is Nc1ccc(F)cc1N(Cc1ccccc1)C1CC1. The van der Waals surface area contributed by atoms with Gasteiger partial charge in [-0.1, -0.05) is 30.3 Å². The van der Waals surface area contributed by atoms with Crippen molar-refractivity contribution in [2.24, 2.45) is 0 Å². The van der Waals surface area contributed by atoms with E-state index in [4.69, 9.17) is 5.73 Å². The molecule has 1 aliphatic carbocycles. The number of nitrogens with two attached hydrogens (primary N) is 1. The molecule has 2 N–H and O–H groups in total. The summed E-state index contributed by atoms with van der Waals surface area (Å²) in [5.74, 6) is -0.233. The molecule has 0 radical (unpaired) electrons. The minimum Gasteiger partial charge on any atom is -0.397 e. The van der Waals surface area contributed by atoms with Gasteiger partial charge in [-0.3, -0.25) is 0 Å². The van der Waals surface area contributed by atoms with E-state index in [1.807, 2.05) is 18.2 Å². The predicted molar refractivity (Wildman–Crippen MR) is 76.5 cm³/mol. The summed E-state index contributed by atoms with van der Waals surface area (Å²) >= 11 is 0. The maximum absolute atomic E-state index is 13.4. The van der Waals surface area contributed by atoms with Crippen LogP contribution in [0.3, 0.4) is 0 Å². The van der Waals surface area contributed by atoms with Gasteiger partial charge in [0.15, 0.2) is 0 Å². The lowest BCUT2D eigenvalue weighted by Gasteiger charge is -2.26. The van der Waals surface area contributed by atoms with Crippen LogP contribution in [0, 0.1) is 5.82 Å². The van der Waals surface area contributed by atoms with Crippen LogP contribution in [-0.4, -0.2) is 6.04 Å². The minimum absolute atomic E-state index is 0.233. The van der Waals surface area contributed by atoms with Crippen LogP contribution in [0.15, 0.2) is 48.5 Å². The molecular weight excluding hydrogens is 239 g/mol. The molecule has 3 heteroatoms. The highest BCUT2D eigenvalue weighted by atomic mass is 19.1. The zero-order valence-corrected chi connectivity index (χ0v) is 10.7. The number of nitrogens with zero attached hydrogens (tertiary/aromatic N) is 1. The first kappa shape index (κ1) is 12.0. The molecule has 0 bridgehead atoms. The first-order chi connectivity index (χ1) is 9.24. The molecule has 0 aromatic heterocycles. The summed E-state index contributed by atoms with van der Waals surface area (Å²) in [6.45, 7) is 0.777. The van der Waals surface area contributed by atoms with Crippen LogP contribution in [0.25, 0.3) is 0 Å². The molecule has 1 saturated carbocycles. The number of benzene rings is 2. The van der Waals surface area contributed by atoms with E-state index in [2.05, 4.69) is 17.0 Å². The van der Waals surface area contributed by atoms with Gasteiger partial charge in [0, 0.05) is 12.6 Å². The number of rotatable bonds is 4. The van der Waals surface area contributed by atoms with E-state index in [0.29, 0.717) is 11.7 Å². The Labute approximate surface area is 112 Å². The highest BCUT2D eigenvalue weighted by molar-refractivity contribution is 5.68. The maximum atomic E-state index is 13.4. The molecule has 0 amide bonds. The third kappa shape index (κ3) is 2.70. The number of anilines is 2. The first-order valence-corrected chi connectivity index (χ1v) is 6.59. The van der Waals surface area contributed by atoms with Crippen LogP contribution in [0.4, 0.5) is 15.8 Å². The molecule has 0 aliphatic heterocycles. The fraction of sp³-hybridized carbons (Fsp3) is 0.250. The zero-order chi connectivity index (χ0) is 13.2. The summed E-state index contributed by atoms with van der Waals surface area (Å²) < 4.78 is 13.4. The lowest BCUT2D eigenvalue weighted by Crippen LogP contribution is -2.26. The number of nitrogen functional groups attached to an aromatic ring is 1. The van der Waals surface area contributed by atoms with Gasteiger partial charge in [-0.2, -0.15) is 0 Å². The van der Waals surface area contributed by atoms with E-state index in [0.717, 1.165) is 25.1 Å². The Bertz CT molecular complexity index is 564. The Morgan fingerprint density at radius 3 is 2.53 bits per heavy atom.